The molecule has 0 unspecified atom stereocenters. The Kier molecular flexibility index (Phi) is 4.07. The second kappa shape index (κ2) is 4.27. The lowest BCUT2D eigenvalue weighted by Crippen LogP contribution is -2.74. The van der Waals surface area contributed by atoms with Gasteiger partial charge < -0.3 is 0 Å². The molecule has 0 atom stereocenters. The summed E-state index contributed by atoms with van der Waals surface area (Å²) in [7, 11) is 0. The highest BCUT2D eigenvalue weighted by atomic mass is 19.4. The minimum absolute atomic E-state index is 7.51. The Morgan fingerprint density at radius 1 is 0.400 bits per heavy atom. The lowest BCUT2D eigenvalue weighted by molar-refractivity contribution is -0.486. The predicted octanol–water partition coefficient (Wildman–Crippen LogP) is 4.11. The van der Waals surface area contributed by atoms with Gasteiger partial charge in [-0.1, -0.05) is 0 Å². The molecule has 1 nitrogen and oxygen atoms in total. The van der Waals surface area contributed by atoms with Crippen molar-refractivity contribution in [3.8, 4) is 0 Å². The molecular formula is C6F13O. The Morgan fingerprint density at radius 2 is 0.650 bits per heavy atom. The van der Waals surface area contributed by atoms with Gasteiger partial charge in [0.05, 0.1) is 0 Å². The van der Waals surface area contributed by atoms with Crippen LogP contribution in [0.3, 0.4) is 0 Å². The van der Waals surface area contributed by atoms with Gasteiger partial charge >= 0.3 is 36.0 Å². The van der Waals surface area contributed by atoms with Crippen LogP contribution >= 0.6 is 0 Å². The third-order valence-corrected chi connectivity index (χ3v) is 1.99. The molecule has 20 heavy (non-hydrogen) atoms. The van der Waals surface area contributed by atoms with Crippen molar-refractivity contribution in [1.29, 1.82) is 0 Å². The third kappa shape index (κ3) is 2.26. The molecule has 0 bridgehead atoms. The first-order chi connectivity index (χ1) is 8.25. The highest BCUT2D eigenvalue weighted by molar-refractivity contribution is 5.12. The van der Waals surface area contributed by atoms with Gasteiger partial charge in [0.2, 0.25) is 0 Å². The van der Waals surface area contributed by atoms with E-state index in [2.05, 4.69) is 0 Å². The molecule has 14 heteroatoms. The van der Waals surface area contributed by atoms with E-state index in [4.69, 9.17) is 0 Å². The Balaban J connectivity index is 6.38. The largest absolute Gasteiger partial charge is 0.460 e. The van der Waals surface area contributed by atoms with Crippen LogP contribution in [0, 0.1) is 0 Å². The zero-order valence-corrected chi connectivity index (χ0v) is 8.32. The summed E-state index contributed by atoms with van der Waals surface area (Å²) in [5, 5.41) is 10.3. The van der Waals surface area contributed by atoms with Crippen molar-refractivity contribution in [2.24, 2.45) is 0 Å². The van der Waals surface area contributed by atoms with Gasteiger partial charge in [-0.15, -0.1) is 0 Å². The highest BCUT2D eigenvalue weighted by Crippen LogP contribution is 2.60. The van der Waals surface area contributed by atoms with E-state index in [1.807, 2.05) is 0 Å². The van der Waals surface area contributed by atoms with Crippen LogP contribution < -0.4 is 0 Å². The molecule has 0 aliphatic rings. The normalized spacial score (nSPS) is 16.5. The fourth-order valence-electron chi connectivity index (χ4n) is 0.916. The summed E-state index contributed by atoms with van der Waals surface area (Å²) in [5.41, 5.74) is -7.84. The summed E-state index contributed by atoms with van der Waals surface area (Å²) in [6.45, 7) is 0. The van der Waals surface area contributed by atoms with Crippen LogP contribution in [0.15, 0.2) is 0 Å². The summed E-state index contributed by atoms with van der Waals surface area (Å²) in [6.07, 6.45) is -22.8. The van der Waals surface area contributed by atoms with Crippen LogP contribution in [-0.2, 0) is 5.11 Å². The fraction of sp³-hybridized carbons (Fsp3) is 1.00. The van der Waals surface area contributed by atoms with Crippen LogP contribution in [-0.4, -0.2) is 36.0 Å². The Morgan fingerprint density at radius 3 is 0.800 bits per heavy atom. The number of hydrogen-bond donors (Lipinski definition) is 0. The molecule has 1 radical (unpaired) electrons. The summed E-state index contributed by atoms with van der Waals surface area (Å²) >= 11 is 0. The van der Waals surface area contributed by atoms with E-state index in [1.54, 1.807) is 0 Å². The Hall–Kier alpha value is -0.950. The van der Waals surface area contributed by atoms with E-state index < -0.39 is 36.0 Å². The maximum Gasteiger partial charge on any atom is 0.460 e. The van der Waals surface area contributed by atoms with E-state index >= 15 is 0 Å². The second-order valence-corrected chi connectivity index (χ2v) is 3.32. The van der Waals surface area contributed by atoms with Gasteiger partial charge in [-0.05, 0) is 0 Å². The fourth-order valence-corrected chi connectivity index (χ4v) is 0.916. The maximum atomic E-state index is 12.5. The summed E-state index contributed by atoms with van der Waals surface area (Å²) < 4.78 is 155. The minimum Gasteiger partial charge on any atom is -0.202 e. The average molecular weight is 335 g/mol. The monoisotopic (exact) mass is 335 g/mol. The molecule has 0 aromatic heterocycles. The van der Waals surface area contributed by atoms with Crippen molar-refractivity contribution >= 4 is 0 Å². The van der Waals surface area contributed by atoms with Crippen LogP contribution in [0.5, 0.6) is 0 Å². The lowest BCUT2D eigenvalue weighted by Gasteiger charge is -2.39. The third-order valence-electron chi connectivity index (χ3n) is 1.99. The standard InChI is InChI=1S/C6F13O/c7-2(8,3(9,10)6(17,18)19)1(20,4(11,12)13)5(14,15)16. The van der Waals surface area contributed by atoms with Crippen molar-refractivity contribution in [2.45, 2.75) is 36.0 Å². The molecule has 0 fully saturated rings. The highest BCUT2D eigenvalue weighted by Gasteiger charge is 2.93. The van der Waals surface area contributed by atoms with Crippen molar-refractivity contribution in [1.82, 2.24) is 0 Å². The van der Waals surface area contributed by atoms with Crippen LogP contribution in [0.4, 0.5) is 57.1 Å². The van der Waals surface area contributed by atoms with E-state index in [1.165, 1.54) is 0 Å². The number of rotatable bonds is 2. The second-order valence-electron chi connectivity index (χ2n) is 3.32. The molecule has 121 valence electrons. The summed E-state index contributed by atoms with van der Waals surface area (Å²) in [4.78, 5) is 0. The van der Waals surface area contributed by atoms with Crippen molar-refractivity contribution in [3.05, 3.63) is 0 Å². The topological polar surface area (TPSA) is 19.9 Å². The van der Waals surface area contributed by atoms with E-state index in [-0.39, 0.29) is 0 Å². The van der Waals surface area contributed by atoms with E-state index in [0.717, 1.165) is 0 Å². The molecule has 0 aromatic rings. The first-order valence-electron chi connectivity index (χ1n) is 3.91. The quantitative estimate of drug-likeness (QED) is 0.677. The average Bonchev–Trinajstić information content (AvgIpc) is 2.10. The first kappa shape index (κ1) is 19.1. The molecular weight excluding hydrogens is 335 g/mol. The SMILES string of the molecule is [O]C(C(F)(F)F)(C(F)(F)F)C(F)(F)C(F)(F)C(F)(F)F. The Labute approximate surface area is 99.5 Å². The molecule has 0 N–H and O–H groups in total. The lowest BCUT2D eigenvalue weighted by atomic mass is 9.88. The van der Waals surface area contributed by atoms with Crippen LogP contribution in [0.2, 0.25) is 0 Å². The Bertz CT molecular complexity index is 343. The molecule has 0 aliphatic carbocycles. The molecule has 0 saturated heterocycles. The van der Waals surface area contributed by atoms with E-state index in [9.17, 15) is 62.2 Å². The maximum absolute atomic E-state index is 12.5. The van der Waals surface area contributed by atoms with Gasteiger partial charge in [0.25, 0.3) is 0 Å². The van der Waals surface area contributed by atoms with Crippen LogP contribution in [0.25, 0.3) is 0 Å². The van der Waals surface area contributed by atoms with Gasteiger partial charge in [0.15, 0.2) is 0 Å². The molecule has 0 spiro atoms. The van der Waals surface area contributed by atoms with Crippen molar-refractivity contribution in [2.75, 3.05) is 0 Å². The molecule has 0 heterocycles. The number of alkyl halides is 13. The molecule has 0 rings (SSSR count). The number of hydrogen-bond acceptors (Lipinski definition) is 0. The van der Waals surface area contributed by atoms with Crippen molar-refractivity contribution < 1.29 is 62.2 Å². The first-order valence-corrected chi connectivity index (χ1v) is 3.91. The zero-order chi connectivity index (χ0) is 17.0. The van der Waals surface area contributed by atoms with Crippen molar-refractivity contribution in [3.63, 3.8) is 0 Å². The molecule has 0 aliphatic heterocycles. The summed E-state index contributed by atoms with van der Waals surface area (Å²) in [5.74, 6) is -15.9. The van der Waals surface area contributed by atoms with Crippen LogP contribution in [0.1, 0.15) is 0 Å². The van der Waals surface area contributed by atoms with E-state index in [0.29, 0.717) is 0 Å². The van der Waals surface area contributed by atoms with Gasteiger partial charge in [0.1, 0.15) is 0 Å². The van der Waals surface area contributed by atoms with Gasteiger partial charge in [-0.3, -0.25) is 0 Å². The predicted molar refractivity (Wildman–Crippen MR) is 31.5 cm³/mol. The van der Waals surface area contributed by atoms with Gasteiger partial charge in [-0.25, -0.2) is 5.11 Å². The smallest absolute Gasteiger partial charge is 0.202 e. The molecule has 0 saturated carbocycles. The van der Waals surface area contributed by atoms with Gasteiger partial charge in [0, 0.05) is 0 Å². The molecule has 0 aromatic carbocycles. The molecule has 0 amide bonds. The minimum atomic E-state index is -8.06. The number of halogens is 13. The van der Waals surface area contributed by atoms with Gasteiger partial charge in [-0.2, -0.15) is 57.1 Å². The zero-order valence-electron chi connectivity index (χ0n) is 8.32. The summed E-state index contributed by atoms with van der Waals surface area (Å²) in [6, 6.07) is 0.